The summed E-state index contributed by atoms with van der Waals surface area (Å²) < 4.78 is 12.2. The number of hydrogen-bond donors (Lipinski definition) is 2. The van der Waals surface area contributed by atoms with E-state index in [-0.39, 0.29) is 10.8 Å². The van der Waals surface area contributed by atoms with Crippen molar-refractivity contribution in [3.63, 3.8) is 0 Å². The fourth-order valence-corrected chi connectivity index (χ4v) is 3.66. The Morgan fingerprint density at radius 1 is 0.933 bits per heavy atom. The minimum absolute atomic E-state index is 0.221. The molecule has 0 aliphatic heterocycles. The Bertz CT molecular complexity index is 1150. The molecule has 0 radical (unpaired) electrons. The van der Waals surface area contributed by atoms with Crippen LogP contribution < -0.4 is 25.0 Å². The van der Waals surface area contributed by atoms with Crippen LogP contribution in [-0.4, -0.2) is 30.6 Å². The van der Waals surface area contributed by atoms with Crippen LogP contribution in [0.5, 0.6) is 11.5 Å². The summed E-state index contributed by atoms with van der Waals surface area (Å²) in [6.45, 7) is 1.70. The number of nitrogens with one attached hydrogen (secondary N) is 2. The number of anilines is 2. The van der Waals surface area contributed by atoms with Crippen LogP contribution in [0.2, 0.25) is 0 Å². The van der Waals surface area contributed by atoms with Gasteiger partial charge in [0.15, 0.2) is 0 Å². The minimum Gasteiger partial charge on any atom is -0.494 e. The number of aromatic nitrogens is 1. The summed E-state index contributed by atoms with van der Waals surface area (Å²) in [6.07, 6.45) is 0. The zero-order valence-electron chi connectivity index (χ0n) is 16.9. The Morgan fingerprint density at radius 2 is 1.47 bits per heavy atom. The summed E-state index contributed by atoms with van der Waals surface area (Å²) in [6, 6.07) is 11.9. The molecule has 0 saturated carbocycles. The third-order valence-corrected chi connectivity index (χ3v) is 5.69. The number of hydrogen-bond acceptors (Lipinski definition) is 6. The number of thiazole rings is 1. The van der Waals surface area contributed by atoms with Crippen molar-refractivity contribution < 1.29 is 19.1 Å². The highest BCUT2D eigenvalue weighted by molar-refractivity contribution is 7.11. The average Bonchev–Trinajstić information content (AvgIpc) is 3.02. The molecule has 0 saturated heterocycles. The van der Waals surface area contributed by atoms with E-state index < -0.39 is 5.91 Å². The second-order valence-electron chi connectivity index (χ2n) is 6.37. The van der Waals surface area contributed by atoms with E-state index in [2.05, 4.69) is 10.6 Å². The number of carbonyl (C=O) groups is 2. The lowest BCUT2D eigenvalue weighted by Crippen LogP contribution is -2.15. The molecule has 30 heavy (non-hydrogen) atoms. The van der Waals surface area contributed by atoms with Crippen LogP contribution in [0.25, 0.3) is 0 Å². The molecule has 0 bridgehead atoms. The molecular weight excluding hydrogens is 406 g/mol. The van der Waals surface area contributed by atoms with E-state index in [1.807, 2.05) is 6.07 Å². The largest absolute Gasteiger partial charge is 0.494 e. The standard InChI is InChI=1S/C21H21N3O5S/c1-12-18(30-21(27)24(12)2)20(26)23-15-11-16(28-3)14(10-17(15)29-4)22-19(25)13-8-6-5-7-9-13/h5-11H,1-4H3,(H,22,25)(H,23,26). The normalized spacial score (nSPS) is 10.4. The van der Waals surface area contributed by atoms with E-state index >= 15 is 0 Å². The molecule has 1 heterocycles. The fourth-order valence-electron chi connectivity index (χ4n) is 2.79. The van der Waals surface area contributed by atoms with Gasteiger partial charge in [-0.1, -0.05) is 29.5 Å². The van der Waals surface area contributed by atoms with E-state index in [4.69, 9.17) is 9.47 Å². The summed E-state index contributed by atoms with van der Waals surface area (Å²) in [4.78, 5) is 37.1. The van der Waals surface area contributed by atoms with Crippen molar-refractivity contribution in [3.8, 4) is 11.5 Å². The molecule has 0 atom stereocenters. The van der Waals surface area contributed by atoms with Crippen LogP contribution in [0.4, 0.5) is 11.4 Å². The molecule has 3 rings (SSSR count). The quantitative estimate of drug-likeness (QED) is 0.629. The minimum atomic E-state index is -0.434. The van der Waals surface area contributed by atoms with Crippen molar-refractivity contribution in [2.45, 2.75) is 6.92 Å². The first kappa shape index (κ1) is 21.1. The number of amides is 2. The molecule has 9 heteroatoms. The van der Waals surface area contributed by atoms with Gasteiger partial charge in [-0.05, 0) is 19.1 Å². The second-order valence-corrected chi connectivity index (χ2v) is 7.33. The third-order valence-electron chi connectivity index (χ3n) is 4.56. The molecule has 0 spiro atoms. The first-order valence-electron chi connectivity index (χ1n) is 8.96. The molecule has 156 valence electrons. The van der Waals surface area contributed by atoms with Crippen molar-refractivity contribution in [1.82, 2.24) is 4.57 Å². The number of nitrogens with zero attached hydrogens (tertiary/aromatic N) is 1. The number of benzene rings is 2. The highest BCUT2D eigenvalue weighted by atomic mass is 32.1. The Kier molecular flexibility index (Phi) is 6.22. The lowest BCUT2D eigenvalue weighted by molar-refractivity contribution is 0.101. The Labute approximate surface area is 177 Å². The molecule has 3 aromatic rings. The Balaban J connectivity index is 1.91. The summed E-state index contributed by atoms with van der Waals surface area (Å²) in [7, 11) is 4.52. The van der Waals surface area contributed by atoms with E-state index in [1.54, 1.807) is 50.4 Å². The van der Waals surface area contributed by atoms with Gasteiger partial charge in [0.1, 0.15) is 16.4 Å². The molecule has 8 nitrogen and oxygen atoms in total. The van der Waals surface area contributed by atoms with Gasteiger partial charge in [-0.25, -0.2) is 0 Å². The van der Waals surface area contributed by atoms with Crippen molar-refractivity contribution >= 4 is 34.5 Å². The first-order valence-corrected chi connectivity index (χ1v) is 9.77. The van der Waals surface area contributed by atoms with Gasteiger partial charge in [0.25, 0.3) is 11.8 Å². The van der Waals surface area contributed by atoms with Crippen LogP contribution in [0.1, 0.15) is 25.7 Å². The van der Waals surface area contributed by atoms with Crippen LogP contribution in [0, 0.1) is 6.92 Å². The second kappa shape index (κ2) is 8.83. The molecular formula is C21H21N3O5S. The van der Waals surface area contributed by atoms with Crippen LogP contribution in [-0.2, 0) is 7.05 Å². The van der Waals surface area contributed by atoms with E-state index in [9.17, 15) is 14.4 Å². The van der Waals surface area contributed by atoms with Gasteiger partial charge in [0.05, 0.1) is 25.6 Å². The zero-order valence-corrected chi connectivity index (χ0v) is 17.8. The zero-order chi connectivity index (χ0) is 21.8. The Morgan fingerprint density at radius 3 is 1.93 bits per heavy atom. The van der Waals surface area contributed by atoms with Crippen molar-refractivity contribution in [1.29, 1.82) is 0 Å². The van der Waals surface area contributed by atoms with E-state index in [0.717, 1.165) is 11.3 Å². The number of rotatable bonds is 6. The van der Waals surface area contributed by atoms with Crippen LogP contribution in [0.3, 0.4) is 0 Å². The fraction of sp³-hybridized carbons (Fsp3) is 0.190. The predicted octanol–water partition coefficient (Wildman–Crippen LogP) is 3.28. The highest BCUT2D eigenvalue weighted by Crippen LogP contribution is 2.37. The molecule has 1 aromatic heterocycles. The van der Waals surface area contributed by atoms with Gasteiger partial charge >= 0.3 is 4.87 Å². The topological polar surface area (TPSA) is 98.7 Å². The third kappa shape index (κ3) is 4.20. The average molecular weight is 427 g/mol. The first-order chi connectivity index (χ1) is 14.3. The van der Waals surface area contributed by atoms with Crippen LogP contribution >= 0.6 is 11.3 Å². The molecule has 2 aromatic carbocycles. The summed E-state index contributed by atoms with van der Waals surface area (Å²) in [5.41, 5.74) is 1.80. The number of methoxy groups -OCH3 is 2. The molecule has 0 fully saturated rings. The SMILES string of the molecule is COc1cc(NC(=O)c2sc(=O)n(C)c2C)c(OC)cc1NC(=O)c1ccccc1. The molecule has 0 aliphatic carbocycles. The van der Waals surface area contributed by atoms with E-state index in [1.165, 1.54) is 18.8 Å². The maximum absolute atomic E-state index is 12.7. The number of carbonyl (C=O) groups excluding carboxylic acids is 2. The lowest BCUT2D eigenvalue weighted by Gasteiger charge is -2.16. The number of ether oxygens (including phenoxy) is 2. The monoisotopic (exact) mass is 427 g/mol. The van der Waals surface area contributed by atoms with Gasteiger partial charge in [0, 0.05) is 30.4 Å². The van der Waals surface area contributed by atoms with Crippen LogP contribution in [0.15, 0.2) is 47.3 Å². The predicted molar refractivity (Wildman–Crippen MR) is 116 cm³/mol. The van der Waals surface area contributed by atoms with Gasteiger partial charge in [0.2, 0.25) is 0 Å². The van der Waals surface area contributed by atoms with Gasteiger partial charge in [-0.3, -0.25) is 14.4 Å². The van der Waals surface area contributed by atoms with Crippen molar-refractivity contribution in [3.05, 3.63) is 68.3 Å². The van der Waals surface area contributed by atoms with E-state index in [0.29, 0.717) is 39.0 Å². The maximum Gasteiger partial charge on any atom is 0.307 e. The molecule has 0 aliphatic rings. The summed E-state index contributed by atoms with van der Waals surface area (Å²) in [5, 5.41) is 5.53. The highest BCUT2D eigenvalue weighted by Gasteiger charge is 2.20. The lowest BCUT2D eigenvalue weighted by atomic mass is 10.2. The van der Waals surface area contributed by atoms with Gasteiger partial charge < -0.3 is 24.7 Å². The van der Waals surface area contributed by atoms with Crippen molar-refractivity contribution in [2.75, 3.05) is 24.9 Å². The summed E-state index contributed by atoms with van der Waals surface area (Å²) >= 11 is 0.867. The molecule has 2 N–H and O–H groups in total. The maximum atomic E-state index is 12.7. The van der Waals surface area contributed by atoms with Crippen molar-refractivity contribution in [2.24, 2.45) is 7.05 Å². The summed E-state index contributed by atoms with van der Waals surface area (Å²) in [5.74, 6) is -0.0733. The molecule has 0 unspecified atom stereocenters. The van der Waals surface area contributed by atoms with Gasteiger partial charge in [-0.15, -0.1) is 0 Å². The van der Waals surface area contributed by atoms with Gasteiger partial charge in [-0.2, -0.15) is 0 Å². The smallest absolute Gasteiger partial charge is 0.307 e. The molecule has 2 amide bonds. The Hall–Kier alpha value is -3.59.